The fraction of sp³-hybridized carbons (Fsp3) is 0.900. The molecule has 0 aliphatic carbocycles. The second-order valence-corrected chi connectivity index (χ2v) is 3.36. The Balaban J connectivity index is 0. The van der Waals surface area contributed by atoms with Crippen LogP contribution >= 0.6 is 0 Å². The number of likely N-dealkylation sites (N-methyl/N-ethyl adjacent to an activating group) is 1. The molecule has 0 radical (unpaired) electrons. The van der Waals surface area contributed by atoms with Gasteiger partial charge >= 0.3 is 5.97 Å². The lowest BCUT2D eigenvalue weighted by Crippen LogP contribution is -2.45. The minimum absolute atomic E-state index is 0. The molecular weight excluding hydrogens is 166 g/mol. The standard InChI is InChI=1S/C9H19NO2.CH4/c1-5-6-7-12-8(11)9(2,3)10-4;/h10H,5-7H2,1-4H3;1H4. The van der Waals surface area contributed by atoms with Crippen LogP contribution in [-0.2, 0) is 9.53 Å². The van der Waals surface area contributed by atoms with Crippen molar-refractivity contribution in [1.82, 2.24) is 5.32 Å². The molecule has 3 nitrogen and oxygen atoms in total. The van der Waals surface area contributed by atoms with Crippen molar-refractivity contribution in [3.05, 3.63) is 0 Å². The molecule has 0 rings (SSSR count). The third kappa shape index (κ3) is 5.64. The lowest BCUT2D eigenvalue weighted by atomic mass is 10.1. The van der Waals surface area contributed by atoms with Gasteiger partial charge in [0.1, 0.15) is 5.54 Å². The molecule has 0 aliphatic rings. The van der Waals surface area contributed by atoms with E-state index in [1.807, 2.05) is 0 Å². The highest BCUT2D eigenvalue weighted by Crippen LogP contribution is 2.04. The summed E-state index contributed by atoms with van der Waals surface area (Å²) in [5.74, 6) is -0.182. The van der Waals surface area contributed by atoms with Crippen LogP contribution in [0.3, 0.4) is 0 Å². The lowest BCUT2D eigenvalue weighted by molar-refractivity contribution is -0.150. The first-order chi connectivity index (χ1) is 5.54. The zero-order chi connectivity index (χ0) is 9.61. The summed E-state index contributed by atoms with van der Waals surface area (Å²) < 4.78 is 5.04. The summed E-state index contributed by atoms with van der Waals surface area (Å²) in [5.41, 5.74) is -0.562. The average molecular weight is 189 g/mol. The van der Waals surface area contributed by atoms with Crippen LogP contribution in [0.2, 0.25) is 0 Å². The maximum Gasteiger partial charge on any atom is 0.325 e. The zero-order valence-electron chi connectivity index (χ0n) is 8.44. The number of esters is 1. The number of rotatable bonds is 5. The fourth-order valence-electron chi connectivity index (χ4n) is 0.592. The molecule has 0 atom stereocenters. The maximum atomic E-state index is 11.3. The Kier molecular flexibility index (Phi) is 7.92. The number of hydrogen-bond donors (Lipinski definition) is 1. The molecule has 0 saturated heterocycles. The molecule has 0 saturated carbocycles. The molecule has 0 fully saturated rings. The highest BCUT2D eigenvalue weighted by molar-refractivity contribution is 5.79. The van der Waals surface area contributed by atoms with Crippen molar-refractivity contribution in [3.63, 3.8) is 0 Å². The van der Waals surface area contributed by atoms with E-state index in [0.29, 0.717) is 6.61 Å². The van der Waals surface area contributed by atoms with Crippen LogP contribution in [-0.4, -0.2) is 25.2 Å². The van der Waals surface area contributed by atoms with Gasteiger partial charge in [-0.3, -0.25) is 4.79 Å². The summed E-state index contributed by atoms with van der Waals surface area (Å²) in [4.78, 5) is 11.3. The molecule has 0 spiro atoms. The van der Waals surface area contributed by atoms with Gasteiger partial charge in [-0.15, -0.1) is 0 Å². The molecule has 0 heterocycles. The first-order valence-corrected chi connectivity index (χ1v) is 4.40. The second-order valence-electron chi connectivity index (χ2n) is 3.36. The zero-order valence-corrected chi connectivity index (χ0v) is 8.44. The van der Waals surface area contributed by atoms with E-state index in [9.17, 15) is 4.79 Å². The van der Waals surface area contributed by atoms with E-state index in [1.165, 1.54) is 0 Å². The van der Waals surface area contributed by atoms with Gasteiger partial charge in [-0.25, -0.2) is 0 Å². The normalized spacial score (nSPS) is 10.5. The van der Waals surface area contributed by atoms with Crippen molar-refractivity contribution in [1.29, 1.82) is 0 Å². The number of carbonyl (C=O) groups is 1. The smallest absolute Gasteiger partial charge is 0.325 e. The Morgan fingerprint density at radius 2 is 2.00 bits per heavy atom. The molecule has 0 aromatic heterocycles. The largest absolute Gasteiger partial charge is 0.464 e. The van der Waals surface area contributed by atoms with Crippen LogP contribution in [0, 0.1) is 0 Å². The lowest BCUT2D eigenvalue weighted by Gasteiger charge is -2.21. The Morgan fingerprint density at radius 1 is 1.46 bits per heavy atom. The quantitative estimate of drug-likeness (QED) is 0.531. The summed E-state index contributed by atoms with van der Waals surface area (Å²) in [6.07, 6.45) is 1.98. The number of ether oxygens (including phenoxy) is 1. The third-order valence-electron chi connectivity index (χ3n) is 1.87. The van der Waals surface area contributed by atoms with Gasteiger partial charge in [-0.2, -0.15) is 0 Å². The molecule has 0 aromatic rings. The van der Waals surface area contributed by atoms with E-state index in [-0.39, 0.29) is 13.4 Å². The van der Waals surface area contributed by atoms with Gasteiger partial charge in [0, 0.05) is 0 Å². The molecular formula is C10H23NO2. The van der Waals surface area contributed by atoms with Crippen LogP contribution in [0.1, 0.15) is 41.0 Å². The van der Waals surface area contributed by atoms with E-state index < -0.39 is 5.54 Å². The average Bonchev–Trinajstić information content (AvgIpc) is 2.05. The fourth-order valence-corrected chi connectivity index (χ4v) is 0.592. The molecule has 0 bridgehead atoms. The highest BCUT2D eigenvalue weighted by atomic mass is 16.5. The van der Waals surface area contributed by atoms with Gasteiger partial charge in [0.05, 0.1) is 6.61 Å². The second kappa shape index (κ2) is 6.89. The van der Waals surface area contributed by atoms with Gasteiger partial charge < -0.3 is 10.1 Å². The van der Waals surface area contributed by atoms with Gasteiger partial charge in [-0.1, -0.05) is 20.8 Å². The number of unbranched alkanes of at least 4 members (excludes halogenated alkanes) is 1. The molecule has 13 heavy (non-hydrogen) atoms. The Morgan fingerprint density at radius 3 is 2.38 bits per heavy atom. The summed E-state index contributed by atoms with van der Waals surface area (Å²) in [6.45, 7) is 6.21. The highest BCUT2D eigenvalue weighted by Gasteiger charge is 2.26. The summed E-state index contributed by atoms with van der Waals surface area (Å²) in [7, 11) is 1.75. The van der Waals surface area contributed by atoms with E-state index >= 15 is 0 Å². The number of hydrogen-bond acceptors (Lipinski definition) is 3. The van der Waals surface area contributed by atoms with Crippen LogP contribution < -0.4 is 5.32 Å². The van der Waals surface area contributed by atoms with Crippen molar-refractivity contribution >= 4 is 5.97 Å². The van der Waals surface area contributed by atoms with E-state index in [4.69, 9.17) is 4.74 Å². The van der Waals surface area contributed by atoms with Crippen LogP contribution in [0.4, 0.5) is 0 Å². The van der Waals surface area contributed by atoms with E-state index in [1.54, 1.807) is 20.9 Å². The number of carbonyl (C=O) groups excluding carboxylic acids is 1. The topological polar surface area (TPSA) is 38.3 Å². The maximum absolute atomic E-state index is 11.3. The predicted molar refractivity (Wildman–Crippen MR) is 55.7 cm³/mol. The molecule has 80 valence electrons. The SMILES string of the molecule is C.CCCCOC(=O)C(C)(C)NC. The monoisotopic (exact) mass is 189 g/mol. The summed E-state index contributed by atoms with van der Waals surface area (Å²) in [6, 6.07) is 0. The van der Waals surface area contributed by atoms with Crippen LogP contribution in [0.5, 0.6) is 0 Å². The minimum Gasteiger partial charge on any atom is -0.464 e. The summed E-state index contributed by atoms with van der Waals surface area (Å²) in [5, 5.41) is 2.89. The van der Waals surface area contributed by atoms with Crippen molar-refractivity contribution < 1.29 is 9.53 Å². The molecule has 1 N–H and O–H groups in total. The van der Waals surface area contributed by atoms with Crippen molar-refractivity contribution in [2.24, 2.45) is 0 Å². The first kappa shape index (κ1) is 14.9. The summed E-state index contributed by atoms with van der Waals surface area (Å²) >= 11 is 0. The molecule has 0 aliphatic heterocycles. The third-order valence-corrected chi connectivity index (χ3v) is 1.87. The Bertz CT molecular complexity index is 144. The molecule has 0 unspecified atom stereocenters. The van der Waals surface area contributed by atoms with Gasteiger partial charge in [0.2, 0.25) is 0 Å². The van der Waals surface area contributed by atoms with Gasteiger partial charge in [-0.05, 0) is 27.3 Å². The van der Waals surface area contributed by atoms with E-state index in [2.05, 4.69) is 12.2 Å². The minimum atomic E-state index is -0.562. The number of nitrogens with one attached hydrogen (secondary N) is 1. The van der Waals surface area contributed by atoms with Gasteiger partial charge in [0.15, 0.2) is 0 Å². The van der Waals surface area contributed by atoms with Crippen molar-refractivity contribution in [3.8, 4) is 0 Å². The van der Waals surface area contributed by atoms with Crippen LogP contribution in [0.15, 0.2) is 0 Å². The van der Waals surface area contributed by atoms with Crippen molar-refractivity contribution in [2.75, 3.05) is 13.7 Å². The Labute approximate surface area is 81.9 Å². The Hall–Kier alpha value is -0.570. The van der Waals surface area contributed by atoms with Crippen molar-refractivity contribution in [2.45, 2.75) is 46.6 Å². The van der Waals surface area contributed by atoms with E-state index in [0.717, 1.165) is 12.8 Å². The van der Waals surface area contributed by atoms with Gasteiger partial charge in [0.25, 0.3) is 0 Å². The molecule has 3 heteroatoms. The first-order valence-electron chi connectivity index (χ1n) is 4.40. The molecule has 0 aromatic carbocycles. The van der Waals surface area contributed by atoms with Crippen LogP contribution in [0.25, 0.3) is 0 Å². The predicted octanol–water partition coefficient (Wildman–Crippen LogP) is 1.96. The molecule has 0 amide bonds.